The summed E-state index contributed by atoms with van der Waals surface area (Å²) < 4.78 is 20.9. The molecular weight excluding hydrogens is 363 g/mol. The summed E-state index contributed by atoms with van der Waals surface area (Å²) >= 11 is 0. The third kappa shape index (κ3) is 3.17. The summed E-state index contributed by atoms with van der Waals surface area (Å²) in [6.45, 7) is 4.84. The summed E-state index contributed by atoms with van der Waals surface area (Å²) in [6.07, 6.45) is 0. The van der Waals surface area contributed by atoms with Gasteiger partial charge in [-0.3, -0.25) is 14.3 Å². The Morgan fingerprint density at radius 3 is 2.64 bits per heavy atom. The van der Waals surface area contributed by atoms with Crippen LogP contribution in [0.25, 0.3) is 0 Å². The van der Waals surface area contributed by atoms with Crippen LogP contribution in [0.15, 0.2) is 24.3 Å². The van der Waals surface area contributed by atoms with Gasteiger partial charge in [0.25, 0.3) is 11.8 Å². The molecule has 1 saturated heterocycles. The van der Waals surface area contributed by atoms with Crippen molar-refractivity contribution in [3.8, 4) is 0 Å². The van der Waals surface area contributed by atoms with Gasteiger partial charge in [0.2, 0.25) is 0 Å². The maximum atomic E-state index is 14.0. The van der Waals surface area contributed by atoms with Gasteiger partial charge >= 0.3 is 0 Å². The average molecular weight is 390 g/mol. The van der Waals surface area contributed by atoms with Crippen molar-refractivity contribution in [3.05, 3.63) is 52.6 Å². The fraction of sp³-hybridized carbons (Fsp3) is 0.450. The first-order valence-corrected chi connectivity index (χ1v) is 9.37. The van der Waals surface area contributed by atoms with Crippen molar-refractivity contribution in [1.82, 2.24) is 20.4 Å². The summed E-state index contributed by atoms with van der Waals surface area (Å²) in [7, 11) is 1.51. The molecule has 0 radical (unpaired) electrons. The van der Waals surface area contributed by atoms with E-state index in [9.17, 15) is 14.0 Å². The van der Waals surface area contributed by atoms with Gasteiger partial charge in [0, 0.05) is 33.8 Å². The standard InChI is InChI=1S/C20H23FN4O3.2H2/c1-10-4-5-12(6-15(10)21)11(2)25-17(7-16(24-25)19(26)22-3)20(27)23-18-13-8-28-9-14(13)18;;/h4-7,11,13-14,18H,8-9H2,1-3H3,(H,22,26)(H,23,27);2*1H/t11-,13-,14+,18?;;/m1../s1. The number of hydrogen-bond acceptors (Lipinski definition) is 4. The number of rotatable bonds is 5. The van der Waals surface area contributed by atoms with Crippen LogP contribution in [0.2, 0.25) is 0 Å². The first-order valence-electron chi connectivity index (χ1n) is 9.37. The highest BCUT2D eigenvalue weighted by Crippen LogP contribution is 2.44. The van der Waals surface area contributed by atoms with Crippen LogP contribution in [0.4, 0.5) is 4.39 Å². The molecule has 1 aromatic carbocycles. The van der Waals surface area contributed by atoms with Gasteiger partial charge in [-0.05, 0) is 31.0 Å². The van der Waals surface area contributed by atoms with E-state index in [4.69, 9.17) is 4.74 Å². The number of ether oxygens (including phenoxy) is 1. The highest BCUT2D eigenvalue weighted by molar-refractivity contribution is 5.98. The van der Waals surface area contributed by atoms with Crippen molar-refractivity contribution < 1.29 is 21.6 Å². The van der Waals surface area contributed by atoms with Crippen LogP contribution in [-0.4, -0.2) is 47.9 Å². The number of fused-ring (bicyclic) bond motifs is 1. The van der Waals surface area contributed by atoms with Crippen LogP contribution in [0.3, 0.4) is 0 Å². The Kier molecular flexibility index (Phi) is 4.66. The molecular formula is C20H27FN4O3. The number of benzene rings is 1. The van der Waals surface area contributed by atoms with Gasteiger partial charge in [-0.2, -0.15) is 5.10 Å². The number of carbonyl (C=O) groups excluding carboxylic acids is 2. The van der Waals surface area contributed by atoms with E-state index >= 15 is 0 Å². The Labute approximate surface area is 165 Å². The molecule has 2 amide bonds. The summed E-state index contributed by atoms with van der Waals surface area (Å²) in [5, 5.41) is 9.87. The smallest absolute Gasteiger partial charge is 0.271 e. The van der Waals surface area contributed by atoms with Crippen LogP contribution < -0.4 is 10.6 Å². The summed E-state index contributed by atoms with van der Waals surface area (Å²) in [4.78, 5) is 25.0. The lowest BCUT2D eigenvalue weighted by molar-refractivity contribution is 0.0915. The minimum atomic E-state index is -0.420. The second kappa shape index (κ2) is 7.01. The highest BCUT2D eigenvalue weighted by Gasteiger charge is 2.55. The normalized spacial score (nSPS) is 23.8. The van der Waals surface area contributed by atoms with E-state index in [2.05, 4.69) is 15.7 Å². The van der Waals surface area contributed by atoms with Gasteiger partial charge in [-0.1, -0.05) is 12.1 Å². The molecule has 4 rings (SSSR count). The van der Waals surface area contributed by atoms with E-state index in [1.54, 1.807) is 19.1 Å². The molecule has 7 nitrogen and oxygen atoms in total. The van der Waals surface area contributed by atoms with E-state index < -0.39 is 6.04 Å². The van der Waals surface area contributed by atoms with Crippen molar-refractivity contribution in [2.75, 3.05) is 20.3 Å². The molecule has 1 aromatic heterocycles. The quantitative estimate of drug-likeness (QED) is 0.819. The predicted octanol–water partition coefficient (Wildman–Crippen LogP) is 2.17. The molecule has 2 heterocycles. The number of nitrogens with zero attached hydrogens (tertiary/aromatic N) is 2. The topological polar surface area (TPSA) is 85.3 Å². The highest BCUT2D eigenvalue weighted by atomic mass is 19.1. The van der Waals surface area contributed by atoms with Crippen LogP contribution in [0.5, 0.6) is 0 Å². The zero-order chi connectivity index (χ0) is 20.0. The first-order chi connectivity index (χ1) is 13.4. The van der Waals surface area contributed by atoms with Crippen LogP contribution >= 0.6 is 0 Å². The molecule has 1 aliphatic heterocycles. The average Bonchev–Trinajstić information content (AvgIpc) is 3.10. The van der Waals surface area contributed by atoms with Gasteiger partial charge in [0.15, 0.2) is 5.69 Å². The van der Waals surface area contributed by atoms with Crippen molar-refractivity contribution in [2.24, 2.45) is 11.8 Å². The third-order valence-electron chi connectivity index (χ3n) is 5.72. The van der Waals surface area contributed by atoms with E-state index in [-0.39, 0.29) is 37.9 Å². The van der Waals surface area contributed by atoms with Crippen LogP contribution in [0, 0.1) is 24.6 Å². The fourth-order valence-corrected chi connectivity index (χ4v) is 3.79. The van der Waals surface area contributed by atoms with Crippen molar-refractivity contribution in [2.45, 2.75) is 25.9 Å². The lowest BCUT2D eigenvalue weighted by Gasteiger charge is -2.17. The number of amides is 2. The molecule has 1 saturated carbocycles. The largest absolute Gasteiger partial charge is 0.381 e. The van der Waals surface area contributed by atoms with E-state index in [1.165, 1.54) is 23.9 Å². The lowest BCUT2D eigenvalue weighted by Crippen LogP contribution is -2.32. The zero-order valence-corrected chi connectivity index (χ0v) is 16.0. The Morgan fingerprint density at radius 1 is 1.29 bits per heavy atom. The zero-order valence-electron chi connectivity index (χ0n) is 16.0. The van der Waals surface area contributed by atoms with Gasteiger partial charge in [-0.15, -0.1) is 0 Å². The van der Waals surface area contributed by atoms with E-state index in [0.29, 0.717) is 36.2 Å². The molecule has 1 aliphatic carbocycles. The molecule has 2 aromatic rings. The number of nitrogens with one attached hydrogen (secondary N) is 2. The number of aryl methyl sites for hydroxylation is 1. The SMILES string of the molecule is CNC(=O)c1cc(C(=O)NC2[C@H]3COC[C@@H]23)n([C@H](C)c2ccc(C)c(F)c2)n1.[HH].[HH]. The maximum absolute atomic E-state index is 14.0. The molecule has 1 unspecified atom stereocenters. The second-order valence-electron chi connectivity index (χ2n) is 7.49. The number of aromatic nitrogens is 2. The number of hydrogen-bond donors (Lipinski definition) is 2. The van der Waals surface area contributed by atoms with Gasteiger partial charge < -0.3 is 15.4 Å². The van der Waals surface area contributed by atoms with Crippen molar-refractivity contribution in [1.29, 1.82) is 0 Å². The molecule has 28 heavy (non-hydrogen) atoms. The predicted molar refractivity (Wildman–Crippen MR) is 104 cm³/mol. The molecule has 4 atom stereocenters. The van der Waals surface area contributed by atoms with Gasteiger partial charge in [0.05, 0.1) is 19.3 Å². The molecule has 2 fully saturated rings. The monoisotopic (exact) mass is 390 g/mol. The molecule has 0 spiro atoms. The first kappa shape index (κ1) is 18.6. The molecule has 0 bridgehead atoms. The molecule has 2 N–H and O–H groups in total. The Morgan fingerprint density at radius 2 is 2.00 bits per heavy atom. The van der Waals surface area contributed by atoms with Gasteiger partial charge in [0.1, 0.15) is 11.5 Å². The van der Waals surface area contributed by atoms with E-state index in [0.717, 1.165) is 0 Å². The third-order valence-corrected chi connectivity index (χ3v) is 5.72. The molecule has 8 heteroatoms. The summed E-state index contributed by atoms with van der Waals surface area (Å²) in [6, 6.07) is 6.08. The number of carbonyl (C=O) groups is 2. The number of halogens is 1. The Hall–Kier alpha value is -2.74. The van der Waals surface area contributed by atoms with E-state index in [1.807, 2.05) is 6.92 Å². The maximum Gasteiger partial charge on any atom is 0.271 e. The van der Waals surface area contributed by atoms with Crippen LogP contribution in [0.1, 0.15) is 47.9 Å². The van der Waals surface area contributed by atoms with Gasteiger partial charge in [-0.25, -0.2) is 4.39 Å². The summed E-state index contributed by atoms with van der Waals surface area (Å²) in [5.41, 5.74) is 1.63. The molecule has 152 valence electrons. The molecule has 2 aliphatic rings. The fourth-order valence-electron chi connectivity index (χ4n) is 3.79. The van der Waals surface area contributed by atoms with Crippen molar-refractivity contribution >= 4 is 11.8 Å². The minimum Gasteiger partial charge on any atom is -0.381 e. The summed E-state index contributed by atoms with van der Waals surface area (Å²) in [5.74, 6) is -0.266. The Balaban J connectivity index is 0.00000160. The van der Waals surface area contributed by atoms with Crippen LogP contribution in [-0.2, 0) is 4.74 Å². The Bertz CT molecular complexity index is 942. The second-order valence-corrected chi connectivity index (χ2v) is 7.49. The minimum absolute atomic E-state index is 0. The van der Waals surface area contributed by atoms with Crippen molar-refractivity contribution in [3.63, 3.8) is 0 Å². The lowest BCUT2D eigenvalue weighted by atomic mass is 10.1.